The molecule has 0 radical (unpaired) electrons. The zero-order chi connectivity index (χ0) is 23.2. The molecule has 1 aliphatic heterocycles. The van der Waals surface area contributed by atoms with Gasteiger partial charge in [0.1, 0.15) is 5.82 Å². The molecule has 3 aromatic rings. The standard InChI is InChI=1S/C23H30N6O3S/c1-4-14-33-23-26-20(28-11-5-6-12-28)17-15-25-29(21(17)27-23)13-10-24-22(30)16-8-7-9-18(31-2)19(16)32-3/h7-9,15H,4-6,10-14H2,1-3H3,(H,24,30). The van der Waals surface area contributed by atoms with Crippen molar-refractivity contribution in [1.29, 1.82) is 0 Å². The molecule has 1 aliphatic rings. The van der Waals surface area contributed by atoms with Crippen LogP contribution in [-0.4, -0.2) is 65.3 Å². The number of hydrogen-bond acceptors (Lipinski definition) is 8. The Balaban J connectivity index is 1.52. The van der Waals surface area contributed by atoms with Gasteiger partial charge in [0, 0.05) is 25.4 Å². The molecule has 176 valence electrons. The van der Waals surface area contributed by atoms with Gasteiger partial charge in [0.15, 0.2) is 22.3 Å². The van der Waals surface area contributed by atoms with Crippen molar-refractivity contribution < 1.29 is 14.3 Å². The van der Waals surface area contributed by atoms with Crippen LogP contribution in [0.5, 0.6) is 11.5 Å². The molecule has 3 heterocycles. The predicted molar refractivity (Wildman–Crippen MR) is 130 cm³/mol. The second-order valence-corrected chi connectivity index (χ2v) is 8.84. The van der Waals surface area contributed by atoms with E-state index in [0.29, 0.717) is 30.2 Å². The first-order valence-electron chi connectivity index (χ1n) is 11.3. The Morgan fingerprint density at radius 1 is 1.18 bits per heavy atom. The Hall–Kier alpha value is -3.01. The van der Waals surface area contributed by atoms with Crippen LogP contribution in [0.25, 0.3) is 11.0 Å². The number of para-hydroxylation sites is 1. The van der Waals surface area contributed by atoms with Crippen LogP contribution in [0.2, 0.25) is 0 Å². The lowest BCUT2D eigenvalue weighted by Crippen LogP contribution is -2.28. The number of methoxy groups -OCH3 is 2. The van der Waals surface area contributed by atoms with E-state index >= 15 is 0 Å². The van der Waals surface area contributed by atoms with Crippen LogP contribution in [-0.2, 0) is 6.54 Å². The number of fused-ring (bicyclic) bond motifs is 1. The van der Waals surface area contributed by atoms with E-state index in [0.717, 1.165) is 47.3 Å². The van der Waals surface area contributed by atoms with Crippen molar-refractivity contribution in [3.63, 3.8) is 0 Å². The highest BCUT2D eigenvalue weighted by Crippen LogP contribution is 2.31. The van der Waals surface area contributed by atoms with Gasteiger partial charge in [-0.15, -0.1) is 0 Å². The molecule has 0 unspecified atom stereocenters. The number of nitrogens with zero attached hydrogens (tertiary/aromatic N) is 5. The van der Waals surface area contributed by atoms with Crippen LogP contribution in [0, 0.1) is 0 Å². The summed E-state index contributed by atoms with van der Waals surface area (Å²) in [5, 5.41) is 9.25. The Morgan fingerprint density at radius 3 is 2.73 bits per heavy atom. The van der Waals surface area contributed by atoms with E-state index in [1.165, 1.54) is 20.0 Å². The van der Waals surface area contributed by atoms with Crippen molar-refractivity contribution >= 4 is 34.5 Å². The zero-order valence-corrected chi connectivity index (χ0v) is 20.2. The number of carbonyl (C=O) groups is 1. The summed E-state index contributed by atoms with van der Waals surface area (Å²) in [6, 6.07) is 5.24. The summed E-state index contributed by atoms with van der Waals surface area (Å²) < 4.78 is 12.5. The quantitative estimate of drug-likeness (QED) is 0.356. The smallest absolute Gasteiger partial charge is 0.255 e. The molecule has 1 N–H and O–H groups in total. The first-order valence-corrected chi connectivity index (χ1v) is 12.2. The van der Waals surface area contributed by atoms with Crippen molar-refractivity contribution in [2.75, 3.05) is 44.5 Å². The monoisotopic (exact) mass is 470 g/mol. The first kappa shape index (κ1) is 23.2. The van der Waals surface area contributed by atoms with E-state index in [2.05, 4.69) is 22.2 Å². The number of anilines is 1. The summed E-state index contributed by atoms with van der Waals surface area (Å²) in [5.74, 6) is 2.65. The summed E-state index contributed by atoms with van der Waals surface area (Å²) in [5.41, 5.74) is 1.23. The predicted octanol–water partition coefficient (Wildman–Crippen LogP) is 3.38. The van der Waals surface area contributed by atoms with Crippen molar-refractivity contribution in [1.82, 2.24) is 25.1 Å². The van der Waals surface area contributed by atoms with Crippen LogP contribution < -0.4 is 19.7 Å². The summed E-state index contributed by atoms with van der Waals surface area (Å²) in [4.78, 5) is 24.7. The number of hydrogen-bond donors (Lipinski definition) is 1. The molecule has 1 amide bonds. The van der Waals surface area contributed by atoms with Gasteiger partial charge in [-0.2, -0.15) is 5.10 Å². The number of amides is 1. The van der Waals surface area contributed by atoms with E-state index in [-0.39, 0.29) is 5.91 Å². The summed E-state index contributed by atoms with van der Waals surface area (Å²) in [7, 11) is 3.07. The van der Waals surface area contributed by atoms with Gasteiger partial charge >= 0.3 is 0 Å². The molecule has 2 aromatic heterocycles. The molecular weight excluding hydrogens is 440 g/mol. The highest BCUT2D eigenvalue weighted by Gasteiger charge is 2.21. The van der Waals surface area contributed by atoms with Gasteiger partial charge in [0.05, 0.1) is 37.9 Å². The van der Waals surface area contributed by atoms with E-state index in [1.54, 1.807) is 37.1 Å². The minimum atomic E-state index is -0.228. The number of aromatic nitrogens is 4. The topological polar surface area (TPSA) is 94.4 Å². The maximum atomic E-state index is 12.8. The fourth-order valence-corrected chi connectivity index (χ4v) is 4.64. The molecule has 10 heteroatoms. The molecule has 1 fully saturated rings. The fraction of sp³-hybridized carbons (Fsp3) is 0.478. The summed E-state index contributed by atoms with van der Waals surface area (Å²) in [6.07, 6.45) is 5.25. The molecule has 4 rings (SSSR count). The molecule has 0 atom stereocenters. The minimum Gasteiger partial charge on any atom is -0.493 e. The summed E-state index contributed by atoms with van der Waals surface area (Å²) in [6.45, 7) is 5.06. The van der Waals surface area contributed by atoms with Gasteiger partial charge in [0.25, 0.3) is 5.91 Å². The van der Waals surface area contributed by atoms with Gasteiger partial charge in [-0.25, -0.2) is 14.6 Å². The van der Waals surface area contributed by atoms with E-state index in [9.17, 15) is 4.79 Å². The Morgan fingerprint density at radius 2 is 2.00 bits per heavy atom. The number of nitrogens with one attached hydrogen (secondary N) is 1. The third-order valence-electron chi connectivity index (χ3n) is 5.55. The largest absolute Gasteiger partial charge is 0.493 e. The Labute approximate surface area is 197 Å². The third-order valence-corrected chi connectivity index (χ3v) is 6.61. The summed E-state index contributed by atoms with van der Waals surface area (Å²) >= 11 is 1.67. The van der Waals surface area contributed by atoms with Crippen molar-refractivity contribution in [2.24, 2.45) is 0 Å². The number of rotatable bonds is 10. The SMILES string of the molecule is CCCSc1nc(N2CCCC2)c2cnn(CCNC(=O)c3cccc(OC)c3OC)c2n1. The molecule has 0 saturated carbocycles. The molecule has 1 aromatic carbocycles. The number of carbonyl (C=O) groups excluding carboxylic acids is 1. The molecule has 9 nitrogen and oxygen atoms in total. The van der Waals surface area contributed by atoms with Crippen LogP contribution in [0.15, 0.2) is 29.6 Å². The Kier molecular flexibility index (Phi) is 7.54. The van der Waals surface area contributed by atoms with Crippen LogP contribution in [0.4, 0.5) is 5.82 Å². The minimum absolute atomic E-state index is 0.228. The van der Waals surface area contributed by atoms with E-state index in [1.807, 2.05) is 10.9 Å². The zero-order valence-electron chi connectivity index (χ0n) is 19.3. The molecular formula is C23H30N6O3S. The van der Waals surface area contributed by atoms with Gasteiger partial charge in [0.2, 0.25) is 0 Å². The number of ether oxygens (including phenoxy) is 2. The lowest BCUT2D eigenvalue weighted by molar-refractivity contribution is 0.0948. The highest BCUT2D eigenvalue weighted by atomic mass is 32.2. The maximum Gasteiger partial charge on any atom is 0.255 e. The van der Waals surface area contributed by atoms with Gasteiger partial charge in [-0.1, -0.05) is 24.8 Å². The van der Waals surface area contributed by atoms with Crippen LogP contribution >= 0.6 is 11.8 Å². The van der Waals surface area contributed by atoms with Gasteiger partial charge in [-0.05, 0) is 31.4 Å². The second kappa shape index (κ2) is 10.7. The average molecular weight is 471 g/mol. The lowest BCUT2D eigenvalue weighted by Gasteiger charge is -2.18. The van der Waals surface area contributed by atoms with E-state index < -0.39 is 0 Å². The first-order chi connectivity index (χ1) is 16.2. The van der Waals surface area contributed by atoms with Crippen LogP contribution in [0.3, 0.4) is 0 Å². The van der Waals surface area contributed by atoms with E-state index in [4.69, 9.17) is 19.4 Å². The van der Waals surface area contributed by atoms with Crippen LogP contribution in [0.1, 0.15) is 36.5 Å². The maximum absolute atomic E-state index is 12.8. The van der Waals surface area contributed by atoms with Crippen molar-refractivity contribution in [2.45, 2.75) is 37.9 Å². The molecule has 0 spiro atoms. The van der Waals surface area contributed by atoms with Gasteiger partial charge in [-0.3, -0.25) is 4.79 Å². The lowest BCUT2D eigenvalue weighted by atomic mass is 10.1. The highest BCUT2D eigenvalue weighted by molar-refractivity contribution is 7.99. The third kappa shape index (κ3) is 5.00. The normalized spacial score (nSPS) is 13.5. The average Bonchev–Trinajstić information content (AvgIpc) is 3.52. The number of benzene rings is 1. The van der Waals surface area contributed by atoms with Crippen molar-refractivity contribution in [3.8, 4) is 11.5 Å². The fourth-order valence-electron chi connectivity index (χ4n) is 3.95. The molecule has 33 heavy (non-hydrogen) atoms. The Bertz CT molecular complexity index is 1110. The van der Waals surface area contributed by atoms with Crippen molar-refractivity contribution in [3.05, 3.63) is 30.0 Å². The van der Waals surface area contributed by atoms with Gasteiger partial charge < -0.3 is 19.7 Å². The second-order valence-electron chi connectivity index (χ2n) is 7.77. The number of thioether (sulfide) groups is 1. The molecule has 0 bridgehead atoms. The molecule has 0 aliphatic carbocycles. The molecule has 1 saturated heterocycles.